The molecule has 0 heterocycles. The molecule has 0 aromatic carbocycles. The normalized spacial score (nSPS) is 10.6. The Hall–Kier alpha value is -0.440. The van der Waals surface area contributed by atoms with Crippen molar-refractivity contribution in [2.24, 2.45) is 0 Å². The molecule has 0 aromatic heterocycles. The van der Waals surface area contributed by atoms with Crippen LogP contribution < -0.4 is 0 Å². The minimum Gasteiger partial charge on any atom is -0.103 e. The average molecular weight is 335 g/mol. The minimum atomic E-state index is 1.08. The summed E-state index contributed by atoms with van der Waals surface area (Å²) in [5.41, 5.74) is 0. The van der Waals surface area contributed by atoms with Crippen LogP contribution in [0.5, 0.6) is 0 Å². The molecular weight excluding hydrogens is 288 g/mol. The van der Waals surface area contributed by atoms with E-state index in [1.807, 2.05) is 0 Å². The average Bonchev–Trinajstić information content (AvgIpc) is 2.60. The van der Waals surface area contributed by atoms with Gasteiger partial charge in [-0.25, -0.2) is 0 Å². The minimum absolute atomic E-state index is 1.08. The predicted molar refractivity (Wildman–Crippen MR) is 111 cm³/mol. The maximum Gasteiger partial charge on any atom is 0.00886 e. The molecule has 0 spiro atoms. The van der Waals surface area contributed by atoms with E-state index in [-0.39, 0.29) is 0 Å². The second-order valence-electron chi connectivity index (χ2n) is 7.51. The number of hydrogen-bond acceptors (Lipinski definition) is 0. The predicted octanol–water partition coefficient (Wildman–Crippen LogP) is 8.83. The third-order valence-electron chi connectivity index (χ3n) is 4.91. The lowest BCUT2D eigenvalue weighted by atomic mass is 10.0. The van der Waals surface area contributed by atoms with Crippen molar-refractivity contribution in [2.75, 3.05) is 0 Å². The summed E-state index contributed by atoms with van der Waals surface area (Å²) in [6.45, 7) is 4.50. The van der Waals surface area contributed by atoms with Crippen LogP contribution in [0.15, 0.2) is 0 Å². The Balaban J connectivity index is 2.99. The van der Waals surface area contributed by atoms with E-state index in [9.17, 15) is 0 Å². The first-order valence-electron chi connectivity index (χ1n) is 11.4. The van der Waals surface area contributed by atoms with Crippen LogP contribution in [0.1, 0.15) is 142 Å². The van der Waals surface area contributed by atoms with Gasteiger partial charge in [0.15, 0.2) is 0 Å². The molecule has 0 heteroatoms. The molecule has 0 aliphatic rings. The zero-order valence-electron chi connectivity index (χ0n) is 17.1. The summed E-state index contributed by atoms with van der Waals surface area (Å²) in [6, 6.07) is 0. The molecule has 0 rings (SSSR count). The van der Waals surface area contributed by atoms with Crippen molar-refractivity contribution >= 4 is 0 Å². The van der Waals surface area contributed by atoms with E-state index in [0.29, 0.717) is 0 Å². The van der Waals surface area contributed by atoms with Crippen molar-refractivity contribution in [3.05, 3.63) is 0 Å². The van der Waals surface area contributed by atoms with Crippen molar-refractivity contribution < 1.29 is 0 Å². The van der Waals surface area contributed by atoms with Gasteiger partial charge in [0, 0.05) is 12.8 Å². The summed E-state index contributed by atoms with van der Waals surface area (Å²) in [5.74, 6) is 6.53. The van der Waals surface area contributed by atoms with Crippen LogP contribution in [0.2, 0.25) is 0 Å². The molecule has 0 radical (unpaired) electrons. The summed E-state index contributed by atoms with van der Waals surface area (Å²) in [7, 11) is 0. The first-order valence-corrected chi connectivity index (χ1v) is 11.4. The van der Waals surface area contributed by atoms with Crippen molar-refractivity contribution in [2.45, 2.75) is 142 Å². The molecule has 0 N–H and O–H groups in total. The first kappa shape index (κ1) is 23.6. The molecule has 0 fully saturated rings. The maximum atomic E-state index is 3.29. The van der Waals surface area contributed by atoms with Crippen molar-refractivity contribution in [3.8, 4) is 11.8 Å². The zero-order valence-corrected chi connectivity index (χ0v) is 17.1. The van der Waals surface area contributed by atoms with Crippen LogP contribution in [0.25, 0.3) is 0 Å². The molecule has 142 valence electrons. The second kappa shape index (κ2) is 22.6. The van der Waals surface area contributed by atoms with Crippen LogP contribution >= 0.6 is 0 Å². The maximum absolute atomic E-state index is 3.29. The Bertz CT molecular complexity index is 267. The Morgan fingerprint density at radius 3 is 1.04 bits per heavy atom. The highest BCUT2D eigenvalue weighted by molar-refractivity contribution is 4.98. The van der Waals surface area contributed by atoms with Crippen LogP contribution in [-0.4, -0.2) is 0 Å². The van der Waals surface area contributed by atoms with Gasteiger partial charge in [-0.1, -0.05) is 117 Å². The van der Waals surface area contributed by atoms with E-state index in [2.05, 4.69) is 25.7 Å². The number of unbranched alkanes of at least 4 members (excludes halogenated alkanes) is 18. The van der Waals surface area contributed by atoms with Crippen LogP contribution in [0.3, 0.4) is 0 Å². The van der Waals surface area contributed by atoms with Gasteiger partial charge in [-0.2, -0.15) is 0 Å². The lowest BCUT2D eigenvalue weighted by molar-refractivity contribution is 0.528. The fraction of sp³-hybridized carbons (Fsp3) is 0.917. The van der Waals surface area contributed by atoms with Gasteiger partial charge in [0.25, 0.3) is 0 Å². The summed E-state index contributed by atoms with van der Waals surface area (Å²) < 4.78 is 0. The van der Waals surface area contributed by atoms with Crippen molar-refractivity contribution in [1.29, 1.82) is 0 Å². The molecule has 0 atom stereocenters. The highest BCUT2D eigenvalue weighted by atomic mass is 14.0. The second-order valence-corrected chi connectivity index (χ2v) is 7.51. The standard InChI is InChI=1S/C24H46/c1-3-5-7-9-11-13-15-17-19-21-23-24-22-20-18-16-14-12-10-8-6-4-2/h3-7,9,11-24H2,1-2H3. The largest absolute Gasteiger partial charge is 0.103 e. The van der Waals surface area contributed by atoms with Gasteiger partial charge in [0.05, 0.1) is 0 Å². The van der Waals surface area contributed by atoms with Crippen LogP contribution in [-0.2, 0) is 0 Å². The Morgan fingerprint density at radius 1 is 0.333 bits per heavy atom. The molecule has 24 heavy (non-hydrogen) atoms. The van der Waals surface area contributed by atoms with Crippen LogP contribution in [0, 0.1) is 11.8 Å². The van der Waals surface area contributed by atoms with Gasteiger partial charge >= 0.3 is 0 Å². The molecule has 0 saturated heterocycles. The van der Waals surface area contributed by atoms with Gasteiger partial charge in [-0.3, -0.25) is 0 Å². The summed E-state index contributed by atoms with van der Waals surface area (Å²) in [5, 5.41) is 0. The van der Waals surface area contributed by atoms with E-state index < -0.39 is 0 Å². The molecule has 0 amide bonds. The van der Waals surface area contributed by atoms with E-state index in [1.165, 1.54) is 116 Å². The van der Waals surface area contributed by atoms with Gasteiger partial charge in [-0.15, -0.1) is 11.8 Å². The molecule has 0 aliphatic carbocycles. The molecule has 0 saturated carbocycles. The highest BCUT2D eigenvalue weighted by Crippen LogP contribution is 2.14. The van der Waals surface area contributed by atoms with E-state index in [1.54, 1.807) is 0 Å². The number of hydrogen-bond donors (Lipinski definition) is 0. The lowest BCUT2D eigenvalue weighted by Gasteiger charge is -2.03. The van der Waals surface area contributed by atoms with Gasteiger partial charge < -0.3 is 0 Å². The van der Waals surface area contributed by atoms with Crippen LogP contribution in [0.4, 0.5) is 0 Å². The third-order valence-corrected chi connectivity index (χ3v) is 4.91. The topological polar surface area (TPSA) is 0 Å². The Labute approximate surface area is 154 Å². The van der Waals surface area contributed by atoms with Crippen molar-refractivity contribution in [3.63, 3.8) is 0 Å². The molecule has 0 aliphatic heterocycles. The molecular formula is C24H46. The lowest BCUT2D eigenvalue weighted by Crippen LogP contribution is -1.83. The van der Waals surface area contributed by atoms with E-state index in [0.717, 1.165) is 12.8 Å². The van der Waals surface area contributed by atoms with E-state index >= 15 is 0 Å². The van der Waals surface area contributed by atoms with Crippen molar-refractivity contribution in [1.82, 2.24) is 0 Å². The molecule has 0 unspecified atom stereocenters. The van der Waals surface area contributed by atoms with Gasteiger partial charge in [0.1, 0.15) is 0 Å². The van der Waals surface area contributed by atoms with E-state index in [4.69, 9.17) is 0 Å². The fourth-order valence-electron chi connectivity index (χ4n) is 3.24. The van der Waals surface area contributed by atoms with Gasteiger partial charge in [-0.05, 0) is 12.8 Å². The zero-order chi connectivity index (χ0) is 17.6. The molecule has 0 nitrogen and oxygen atoms in total. The SMILES string of the molecule is CCCC#CCCCCCCCCCCCCCCCCCCC. The van der Waals surface area contributed by atoms with Gasteiger partial charge in [0.2, 0.25) is 0 Å². The fourth-order valence-corrected chi connectivity index (χ4v) is 3.24. The third kappa shape index (κ3) is 21.6. The summed E-state index contributed by atoms with van der Waals surface area (Å²) in [4.78, 5) is 0. The summed E-state index contributed by atoms with van der Waals surface area (Å²) in [6.07, 6.45) is 28.0. The Morgan fingerprint density at radius 2 is 0.667 bits per heavy atom. The monoisotopic (exact) mass is 334 g/mol. The Kier molecular flexibility index (Phi) is 22.1. The summed E-state index contributed by atoms with van der Waals surface area (Å²) >= 11 is 0. The first-order chi connectivity index (χ1) is 11.9. The number of rotatable bonds is 18. The molecule has 0 aromatic rings. The smallest absolute Gasteiger partial charge is 0.00886 e. The quantitative estimate of drug-likeness (QED) is 0.173. The molecule has 0 bridgehead atoms. The highest BCUT2D eigenvalue weighted by Gasteiger charge is 1.94.